The van der Waals surface area contributed by atoms with Crippen LogP contribution in [0.3, 0.4) is 0 Å². The summed E-state index contributed by atoms with van der Waals surface area (Å²) in [5.41, 5.74) is 5.29. The van der Waals surface area contributed by atoms with E-state index in [1.54, 1.807) is 0 Å². The minimum atomic E-state index is -4.64. The van der Waals surface area contributed by atoms with E-state index in [-0.39, 0.29) is 17.7 Å². The zero-order valence-corrected chi connectivity index (χ0v) is 8.01. The standard InChI is InChI=1S/C5H8N3O5P/c1-12-5-7-3(6)2-4(8-5)13-14(9,10)11/h2H,1H3,(H2,6,7,8)(H2,9,10,11). The van der Waals surface area contributed by atoms with Gasteiger partial charge in [0.05, 0.1) is 7.11 Å². The average Bonchev–Trinajstić information content (AvgIpc) is 1.99. The van der Waals surface area contributed by atoms with Crippen molar-refractivity contribution in [2.24, 2.45) is 0 Å². The highest BCUT2D eigenvalue weighted by Crippen LogP contribution is 2.37. The van der Waals surface area contributed by atoms with Crippen LogP contribution in [-0.2, 0) is 4.57 Å². The molecule has 1 aromatic rings. The molecule has 14 heavy (non-hydrogen) atoms. The van der Waals surface area contributed by atoms with Gasteiger partial charge in [-0.3, -0.25) is 9.79 Å². The molecule has 1 aromatic heterocycles. The number of hydrogen-bond acceptors (Lipinski definition) is 6. The van der Waals surface area contributed by atoms with Crippen molar-refractivity contribution in [2.45, 2.75) is 0 Å². The number of ether oxygens (including phenoxy) is 1. The largest absolute Gasteiger partial charge is 0.526 e. The van der Waals surface area contributed by atoms with Gasteiger partial charge in [-0.2, -0.15) is 9.97 Å². The summed E-state index contributed by atoms with van der Waals surface area (Å²) >= 11 is 0. The third kappa shape index (κ3) is 3.17. The van der Waals surface area contributed by atoms with Gasteiger partial charge in [0.25, 0.3) is 0 Å². The van der Waals surface area contributed by atoms with Gasteiger partial charge in [0.15, 0.2) is 0 Å². The Bertz CT molecular complexity index is 378. The van der Waals surface area contributed by atoms with E-state index in [0.29, 0.717) is 0 Å². The summed E-state index contributed by atoms with van der Waals surface area (Å²) in [4.78, 5) is 24.0. The van der Waals surface area contributed by atoms with Crippen molar-refractivity contribution in [2.75, 3.05) is 12.8 Å². The lowest BCUT2D eigenvalue weighted by molar-refractivity contribution is 0.277. The number of phosphoric acid groups is 1. The Morgan fingerprint density at radius 3 is 2.64 bits per heavy atom. The van der Waals surface area contributed by atoms with Gasteiger partial charge in [-0.25, -0.2) is 4.57 Å². The van der Waals surface area contributed by atoms with E-state index >= 15 is 0 Å². The van der Waals surface area contributed by atoms with Gasteiger partial charge in [-0.1, -0.05) is 0 Å². The molecule has 1 heterocycles. The molecule has 78 valence electrons. The highest BCUT2D eigenvalue weighted by molar-refractivity contribution is 7.46. The molecule has 0 spiro atoms. The van der Waals surface area contributed by atoms with E-state index in [1.807, 2.05) is 0 Å². The van der Waals surface area contributed by atoms with E-state index < -0.39 is 7.82 Å². The van der Waals surface area contributed by atoms with Crippen LogP contribution in [0.1, 0.15) is 0 Å². The van der Waals surface area contributed by atoms with Gasteiger partial charge in [0.2, 0.25) is 5.88 Å². The van der Waals surface area contributed by atoms with Crippen molar-refractivity contribution in [3.05, 3.63) is 6.07 Å². The van der Waals surface area contributed by atoms with Gasteiger partial charge in [-0.05, 0) is 0 Å². The third-order valence-electron chi connectivity index (χ3n) is 1.10. The topological polar surface area (TPSA) is 128 Å². The summed E-state index contributed by atoms with van der Waals surface area (Å²) in [5, 5.41) is 0. The lowest BCUT2D eigenvalue weighted by atomic mass is 10.6. The highest BCUT2D eigenvalue weighted by atomic mass is 31.2. The number of rotatable bonds is 3. The quantitative estimate of drug-likeness (QED) is 0.585. The first-order valence-electron chi connectivity index (χ1n) is 3.34. The van der Waals surface area contributed by atoms with Crippen molar-refractivity contribution < 1.29 is 23.6 Å². The smallest absolute Gasteiger partial charge is 0.467 e. The molecule has 9 heteroatoms. The first-order chi connectivity index (χ1) is 6.40. The number of aromatic nitrogens is 2. The van der Waals surface area contributed by atoms with Crippen molar-refractivity contribution in [1.29, 1.82) is 0 Å². The number of phosphoric ester groups is 1. The number of nitrogens with zero attached hydrogens (tertiary/aromatic N) is 2. The summed E-state index contributed by atoms with van der Waals surface area (Å²) in [6, 6.07) is 0.940. The molecule has 0 aliphatic carbocycles. The minimum absolute atomic E-state index is 0.0136. The van der Waals surface area contributed by atoms with E-state index in [4.69, 9.17) is 15.5 Å². The molecule has 1 rings (SSSR count). The lowest BCUT2D eigenvalue weighted by Crippen LogP contribution is -2.00. The zero-order chi connectivity index (χ0) is 10.8. The molecular weight excluding hydrogens is 213 g/mol. The normalized spacial score (nSPS) is 11.1. The molecule has 0 bridgehead atoms. The van der Waals surface area contributed by atoms with Crippen molar-refractivity contribution >= 4 is 13.6 Å². The Hall–Kier alpha value is -1.37. The molecule has 0 aliphatic rings. The molecule has 0 atom stereocenters. The first kappa shape index (κ1) is 10.7. The maximum absolute atomic E-state index is 10.4. The predicted octanol–water partition coefficient (Wildman–Crippen LogP) is -0.461. The molecule has 0 fully saturated rings. The van der Waals surface area contributed by atoms with Crippen LogP contribution in [0, 0.1) is 0 Å². The molecule has 0 aromatic carbocycles. The van der Waals surface area contributed by atoms with E-state index in [9.17, 15) is 4.57 Å². The van der Waals surface area contributed by atoms with E-state index in [0.717, 1.165) is 6.07 Å². The van der Waals surface area contributed by atoms with Crippen molar-refractivity contribution in [3.8, 4) is 11.9 Å². The number of nitrogens with two attached hydrogens (primary N) is 1. The minimum Gasteiger partial charge on any atom is -0.467 e. The van der Waals surface area contributed by atoms with E-state index in [2.05, 4.69) is 19.2 Å². The summed E-state index contributed by atoms with van der Waals surface area (Å²) in [7, 11) is -3.35. The third-order valence-corrected chi connectivity index (χ3v) is 1.52. The number of hydrogen-bond donors (Lipinski definition) is 3. The molecule has 0 radical (unpaired) electrons. The molecule has 0 unspecified atom stereocenters. The van der Waals surface area contributed by atoms with E-state index in [1.165, 1.54) is 7.11 Å². The monoisotopic (exact) mass is 221 g/mol. The summed E-state index contributed by atoms with van der Waals surface area (Å²) in [6.07, 6.45) is 0. The summed E-state index contributed by atoms with van der Waals surface area (Å²) in [5.74, 6) is -0.358. The van der Waals surface area contributed by atoms with Crippen LogP contribution in [0.5, 0.6) is 11.9 Å². The Morgan fingerprint density at radius 2 is 2.14 bits per heavy atom. The maximum Gasteiger partial charge on any atom is 0.526 e. The molecule has 4 N–H and O–H groups in total. The summed E-state index contributed by atoms with van der Waals surface area (Å²) < 4.78 is 19.2. The van der Waals surface area contributed by atoms with Gasteiger partial charge >= 0.3 is 13.8 Å². The molecule has 8 nitrogen and oxygen atoms in total. The molecular formula is C5H8N3O5P. The van der Waals surface area contributed by atoms with Gasteiger partial charge in [0, 0.05) is 6.07 Å². The fourth-order valence-corrected chi connectivity index (χ4v) is 1.02. The van der Waals surface area contributed by atoms with Crippen molar-refractivity contribution in [1.82, 2.24) is 9.97 Å². The highest BCUT2D eigenvalue weighted by Gasteiger charge is 2.18. The fourth-order valence-electron chi connectivity index (χ4n) is 0.681. The Labute approximate surface area is 78.9 Å². The summed E-state index contributed by atoms with van der Waals surface area (Å²) in [6.45, 7) is 0. The number of nitrogen functional groups attached to an aromatic ring is 1. The fraction of sp³-hybridized carbons (Fsp3) is 0.200. The molecule has 0 amide bonds. The van der Waals surface area contributed by atoms with Crippen LogP contribution >= 0.6 is 7.82 Å². The second kappa shape index (κ2) is 3.79. The maximum atomic E-state index is 10.4. The van der Waals surface area contributed by atoms with Gasteiger partial charge in [0.1, 0.15) is 5.82 Å². The van der Waals surface area contributed by atoms with Crippen LogP contribution < -0.4 is 15.0 Å². The van der Waals surface area contributed by atoms with Crippen LogP contribution in [0.4, 0.5) is 5.82 Å². The van der Waals surface area contributed by atoms with Crippen LogP contribution in [0.15, 0.2) is 6.07 Å². The van der Waals surface area contributed by atoms with Crippen LogP contribution in [0.25, 0.3) is 0 Å². The molecule has 0 saturated heterocycles. The van der Waals surface area contributed by atoms with Crippen molar-refractivity contribution in [3.63, 3.8) is 0 Å². The van der Waals surface area contributed by atoms with Gasteiger partial charge < -0.3 is 15.0 Å². The van der Waals surface area contributed by atoms with Crippen LogP contribution in [-0.4, -0.2) is 26.9 Å². The second-order valence-electron chi connectivity index (χ2n) is 2.20. The second-order valence-corrected chi connectivity index (χ2v) is 3.36. The Kier molecular flexibility index (Phi) is 2.90. The van der Waals surface area contributed by atoms with Crippen LogP contribution in [0.2, 0.25) is 0 Å². The lowest BCUT2D eigenvalue weighted by Gasteiger charge is -2.06. The first-order valence-corrected chi connectivity index (χ1v) is 4.87. The Balaban J connectivity index is 2.98. The number of anilines is 1. The molecule has 0 aliphatic heterocycles. The zero-order valence-electron chi connectivity index (χ0n) is 7.12. The average molecular weight is 221 g/mol. The number of methoxy groups -OCH3 is 1. The Morgan fingerprint density at radius 1 is 1.50 bits per heavy atom. The SMILES string of the molecule is COc1nc(N)cc(OP(=O)(O)O)n1. The predicted molar refractivity (Wildman–Crippen MR) is 45.7 cm³/mol. The molecule has 0 saturated carbocycles. The van der Waals surface area contributed by atoms with Gasteiger partial charge in [-0.15, -0.1) is 0 Å².